The van der Waals surface area contributed by atoms with Gasteiger partial charge in [-0.3, -0.25) is 0 Å². The zero-order chi connectivity index (χ0) is 15.7. The third kappa shape index (κ3) is 3.00. The Bertz CT molecular complexity index is 789. The number of para-hydroxylation sites is 1. The van der Waals surface area contributed by atoms with E-state index in [1.807, 2.05) is 6.07 Å². The first-order valence-corrected chi connectivity index (χ1v) is 9.13. The number of primary sulfonamides is 1. The molecule has 2 heterocycles. The van der Waals surface area contributed by atoms with E-state index in [1.165, 1.54) is 6.07 Å². The van der Waals surface area contributed by atoms with Crippen molar-refractivity contribution in [3.63, 3.8) is 0 Å². The first-order valence-electron chi connectivity index (χ1n) is 6.70. The van der Waals surface area contributed by atoms with Crippen molar-refractivity contribution in [1.29, 1.82) is 0 Å². The van der Waals surface area contributed by atoms with Crippen LogP contribution < -0.4 is 15.2 Å². The molecule has 1 aromatic heterocycles. The Labute approximate surface area is 132 Å². The number of benzene rings is 1. The minimum Gasteiger partial charge on any atom is -0.490 e. The number of nitrogens with two attached hydrogens (primary N) is 1. The van der Waals surface area contributed by atoms with Crippen molar-refractivity contribution in [3.05, 3.63) is 46.6 Å². The second-order valence-corrected chi connectivity index (χ2v) is 7.68. The summed E-state index contributed by atoms with van der Waals surface area (Å²) in [5.74, 6) is -0.118. The molecule has 5 nitrogen and oxygen atoms in total. The van der Waals surface area contributed by atoms with E-state index >= 15 is 0 Å². The van der Waals surface area contributed by atoms with Crippen molar-refractivity contribution < 1.29 is 17.5 Å². The fourth-order valence-corrected chi connectivity index (χ4v) is 4.39. The summed E-state index contributed by atoms with van der Waals surface area (Å²) < 4.78 is 42.3. The molecule has 1 aromatic carbocycles. The normalized spacial score (nSPS) is 17.8. The van der Waals surface area contributed by atoms with E-state index in [-0.39, 0.29) is 21.8 Å². The molecule has 1 aliphatic rings. The van der Waals surface area contributed by atoms with Gasteiger partial charge in [-0.25, -0.2) is 17.9 Å². The Hall–Kier alpha value is -1.48. The van der Waals surface area contributed by atoms with Gasteiger partial charge in [0.15, 0.2) is 11.6 Å². The predicted octanol–water partition coefficient (Wildman–Crippen LogP) is 2.15. The number of ether oxygens (including phenoxy) is 1. The molecule has 0 bridgehead atoms. The van der Waals surface area contributed by atoms with E-state index < -0.39 is 10.0 Å². The van der Waals surface area contributed by atoms with E-state index in [9.17, 15) is 12.8 Å². The average Bonchev–Trinajstić information content (AvgIpc) is 2.94. The van der Waals surface area contributed by atoms with Crippen LogP contribution in [-0.4, -0.2) is 15.0 Å². The Morgan fingerprint density at radius 1 is 1.41 bits per heavy atom. The molecule has 0 fully saturated rings. The molecule has 22 heavy (non-hydrogen) atoms. The van der Waals surface area contributed by atoms with E-state index in [4.69, 9.17) is 9.88 Å². The van der Waals surface area contributed by atoms with Crippen LogP contribution in [0.25, 0.3) is 0 Å². The van der Waals surface area contributed by atoms with Gasteiger partial charge in [0, 0.05) is 24.6 Å². The number of thiophene rings is 1. The maximum atomic E-state index is 13.7. The van der Waals surface area contributed by atoms with Gasteiger partial charge in [0.2, 0.25) is 10.0 Å². The van der Waals surface area contributed by atoms with Crippen LogP contribution in [0.4, 0.5) is 4.39 Å². The van der Waals surface area contributed by atoms with Crippen molar-refractivity contribution in [3.8, 4) is 5.75 Å². The van der Waals surface area contributed by atoms with E-state index in [1.54, 1.807) is 17.5 Å². The summed E-state index contributed by atoms with van der Waals surface area (Å²) in [4.78, 5) is 0. The molecule has 0 saturated carbocycles. The molecule has 1 atom stereocenters. The topological polar surface area (TPSA) is 81.4 Å². The molecule has 3 rings (SSSR count). The van der Waals surface area contributed by atoms with Crippen LogP contribution in [0.2, 0.25) is 0 Å². The van der Waals surface area contributed by atoms with Crippen LogP contribution in [0.1, 0.15) is 23.6 Å². The quantitative estimate of drug-likeness (QED) is 0.892. The monoisotopic (exact) mass is 342 g/mol. The molecule has 118 valence electrons. The van der Waals surface area contributed by atoms with Crippen LogP contribution in [0, 0.1) is 5.82 Å². The van der Waals surface area contributed by atoms with Crippen LogP contribution in [0.5, 0.6) is 5.75 Å². The van der Waals surface area contributed by atoms with Gasteiger partial charge < -0.3 is 10.1 Å². The lowest BCUT2D eigenvalue weighted by Crippen LogP contribution is -2.27. The molecule has 3 N–H and O–H groups in total. The van der Waals surface area contributed by atoms with Gasteiger partial charge in [0.25, 0.3) is 0 Å². The summed E-state index contributed by atoms with van der Waals surface area (Å²) in [7, 11) is -3.72. The maximum Gasteiger partial charge on any atom is 0.247 e. The molecule has 8 heteroatoms. The van der Waals surface area contributed by atoms with Gasteiger partial charge in [-0.1, -0.05) is 12.1 Å². The Balaban J connectivity index is 1.80. The molecule has 0 aliphatic carbocycles. The lowest BCUT2D eigenvalue weighted by Gasteiger charge is -2.27. The molecule has 0 spiro atoms. The summed E-state index contributed by atoms with van der Waals surface area (Å²) in [6, 6.07) is 6.44. The summed E-state index contributed by atoms with van der Waals surface area (Å²) in [6.45, 7) is 0.757. The van der Waals surface area contributed by atoms with Crippen LogP contribution >= 0.6 is 11.3 Å². The number of sulfonamides is 1. The van der Waals surface area contributed by atoms with Crippen molar-refractivity contribution in [2.24, 2.45) is 5.14 Å². The van der Waals surface area contributed by atoms with Gasteiger partial charge in [0.05, 0.1) is 6.61 Å². The third-order valence-electron chi connectivity index (χ3n) is 3.53. The third-order valence-corrected chi connectivity index (χ3v) is 6.04. The lowest BCUT2D eigenvalue weighted by atomic mass is 10.00. The first kappa shape index (κ1) is 15.4. The van der Waals surface area contributed by atoms with E-state index in [2.05, 4.69) is 5.32 Å². The molecule has 2 aromatic rings. The molecule has 1 aliphatic heterocycles. The zero-order valence-corrected chi connectivity index (χ0v) is 13.2. The van der Waals surface area contributed by atoms with E-state index in [0.717, 1.165) is 16.9 Å². The second-order valence-electron chi connectivity index (χ2n) is 5.01. The zero-order valence-electron chi connectivity index (χ0n) is 11.6. The Morgan fingerprint density at radius 2 is 2.23 bits per heavy atom. The smallest absolute Gasteiger partial charge is 0.247 e. The van der Waals surface area contributed by atoms with Crippen LogP contribution in [0.3, 0.4) is 0 Å². The summed E-state index contributed by atoms with van der Waals surface area (Å²) >= 11 is 1.09. The van der Waals surface area contributed by atoms with Crippen molar-refractivity contribution in [1.82, 2.24) is 5.32 Å². The largest absolute Gasteiger partial charge is 0.490 e. The van der Waals surface area contributed by atoms with Gasteiger partial charge in [-0.2, -0.15) is 0 Å². The Morgan fingerprint density at radius 3 is 3.00 bits per heavy atom. The molecule has 0 radical (unpaired) electrons. The van der Waals surface area contributed by atoms with Gasteiger partial charge in [0.1, 0.15) is 4.21 Å². The fraction of sp³-hybridized carbons (Fsp3) is 0.286. The highest BCUT2D eigenvalue weighted by atomic mass is 32.2. The highest BCUT2D eigenvalue weighted by Gasteiger charge is 2.24. The number of nitrogens with one attached hydrogen (secondary N) is 1. The minimum absolute atomic E-state index is 0.0901. The van der Waals surface area contributed by atoms with E-state index in [0.29, 0.717) is 25.1 Å². The maximum absolute atomic E-state index is 13.7. The van der Waals surface area contributed by atoms with Gasteiger partial charge >= 0.3 is 0 Å². The molecular weight excluding hydrogens is 327 g/mol. The SMILES string of the molecule is NS(=O)(=O)c1sccc1CN[C@H]1CCOc2c(F)cccc21. The number of halogens is 1. The standard InChI is InChI=1S/C14H15FN2O3S2/c15-11-3-1-2-10-12(4-6-20-13(10)11)17-8-9-5-7-21-14(9)22(16,18)19/h1-3,5,7,12,17H,4,6,8H2,(H2,16,18,19)/t12-/m0/s1. The number of fused-ring (bicyclic) bond motifs is 1. The van der Waals surface area contributed by atoms with Gasteiger partial charge in [-0.05, 0) is 23.1 Å². The number of hydrogen-bond donors (Lipinski definition) is 2. The van der Waals surface area contributed by atoms with Crippen LogP contribution in [0.15, 0.2) is 33.9 Å². The van der Waals surface area contributed by atoms with Crippen molar-refractivity contribution in [2.45, 2.75) is 23.2 Å². The number of rotatable bonds is 4. The minimum atomic E-state index is -3.72. The van der Waals surface area contributed by atoms with Gasteiger partial charge in [-0.15, -0.1) is 11.3 Å². The lowest BCUT2D eigenvalue weighted by molar-refractivity contribution is 0.240. The fourth-order valence-electron chi connectivity index (χ4n) is 2.53. The molecule has 0 unspecified atom stereocenters. The predicted molar refractivity (Wildman–Crippen MR) is 81.8 cm³/mol. The first-order chi connectivity index (χ1) is 10.5. The molecular formula is C14H15FN2O3S2. The van der Waals surface area contributed by atoms with Crippen molar-refractivity contribution in [2.75, 3.05) is 6.61 Å². The molecule has 0 saturated heterocycles. The summed E-state index contributed by atoms with van der Waals surface area (Å²) in [6.07, 6.45) is 0.686. The highest BCUT2D eigenvalue weighted by molar-refractivity contribution is 7.91. The number of hydrogen-bond acceptors (Lipinski definition) is 5. The summed E-state index contributed by atoms with van der Waals surface area (Å²) in [5, 5.41) is 10.1. The second kappa shape index (κ2) is 5.96. The highest BCUT2D eigenvalue weighted by Crippen LogP contribution is 2.34. The molecule has 0 amide bonds. The summed E-state index contributed by atoms with van der Waals surface area (Å²) in [5.41, 5.74) is 1.37. The van der Waals surface area contributed by atoms with Crippen molar-refractivity contribution >= 4 is 21.4 Å². The Kier molecular flexibility index (Phi) is 4.18. The average molecular weight is 342 g/mol. The van der Waals surface area contributed by atoms with Crippen LogP contribution in [-0.2, 0) is 16.6 Å².